The number of benzene rings is 1. The van der Waals surface area contributed by atoms with Crippen molar-refractivity contribution in [3.8, 4) is 5.75 Å². The van der Waals surface area contributed by atoms with Crippen molar-refractivity contribution < 1.29 is 24.2 Å². The van der Waals surface area contributed by atoms with Crippen molar-refractivity contribution in [2.45, 2.75) is 75.5 Å². The van der Waals surface area contributed by atoms with E-state index in [9.17, 15) is 19.5 Å². The lowest BCUT2D eigenvalue weighted by atomic mass is 9.70. The summed E-state index contributed by atoms with van der Waals surface area (Å²) < 4.78 is 4.87. The minimum absolute atomic E-state index is 0.0611. The lowest BCUT2D eigenvalue weighted by Gasteiger charge is -2.40. The Hall–Kier alpha value is -2.78. The molecule has 230 valence electrons. The number of hydrogen-bond acceptors (Lipinski definition) is 6. The molecule has 1 spiro atoms. The molecule has 9 heteroatoms. The number of anilines is 1. The summed E-state index contributed by atoms with van der Waals surface area (Å²) in [6, 6.07) is 6.15. The Morgan fingerprint density at radius 1 is 1.17 bits per heavy atom. The van der Waals surface area contributed by atoms with Crippen LogP contribution < -0.4 is 9.64 Å². The molecule has 3 saturated heterocycles. The smallest absolute Gasteiger partial charge is 0.247 e. The zero-order valence-electron chi connectivity index (χ0n) is 25.5. The molecule has 8 nitrogen and oxygen atoms in total. The minimum atomic E-state index is -0.738. The van der Waals surface area contributed by atoms with Crippen LogP contribution in [0.3, 0.4) is 0 Å². The van der Waals surface area contributed by atoms with Gasteiger partial charge in [0.05, 0.1) is 35.8 Å². The normalized spacial score (nSPS) is 26.7. The Kier molecular flexibility index (Phi) is 10.5. The quantitative estimate of drug-likeness (QED) is 0.299. The van der Waals surface area contributed by atoms with Crippen LogP contribution in [-0.4, -0.2) is 87.6 Å². The van der Waals surface area contributed by atoms with Gasteiger partial charge in [-0.1, -0.05) is 39.3 Å². The van der Waals surface area contributed by atoms with Gasteiger partial charge in [0.25, 0.3) is 0 Å². The lowest BCUT2D eigenvalue weighted by molar-refractivity contribution is -0.146. The molecule has 4 rings (SSSR count). The maximum absolute atomic E-state index is 14.5. The van der Waals surface area contributed by atoms with Crippen LogP contribution in [0, 0.1) is 17.8 Å². The summed E-state index contributed by atoms with van der Waals surface area (Å²) in [5.74, 6) is -0.961. The zero-order chi connectivity index (χ0) is 30.6. The van der Waals surface area contributed by atoms with Crippen molar-refractivity contribution in [3.05, 3.63) is 49.6 Å². The van der Waals surface area contributed by atoms with E-state index in [-0.39, 0.29) is 35.5 Å². The lowest BCUT2D eigenvalue weighted by Crippen LogP contribution is -2.58. The molecule has 2 unspecified atom stereocenters. The summed E-state index contributed by atoms with van der Waals surface area (Å²) in [5, 5.41) is 10.4. The Labute approximate surface area is 255 Å². The highest BCUT2D eigenvalue weighted by Crippen LogP contribution is 2.67. The van der Waals surface area contributed by atoms with Gasteiger partial charge in [0.1, 0.15) is 11.8 Å². The molecule has 1 aromatic rings. The van der Waals surface area contributed by atoms with Crippen LogP contribution in [0.25, 0.3) is 0 Å². The Morgan fingerprint density at radius 2 is 1.86 bits per heavy atom. The van der Waals surface area contributed by atoms with E-state index >= 15 is 0 Å². The molecule has 0 saturated carbocycles. The highest BCUT2D eigenvalue weighted by molar-refractivity contribution is 8.02. The summed E-state index contributed by atoms with van der Waals surface area (Å²) in [7, 11) is 0. The fourth-order valence-electron chi connectivity index (χ4n) is 7.12. The van der Waals surface area contributed by atoms with E-state index in [1.807, 2.05) is 45.0 Å². The highest BCUT2D eigenvalue weighted by Gasteiger charge is 2.74. The van der Waals surface area contributed by atoms with Crippen LogP contribution in [0.1, 0.15) is 53.4 Å². The number of rotatable bonds is 15. The van der Waals surface area contributed by atoms with Gasteiger partial charge >= 0.3 is 0 Å². The molecular weight excluding hydrogens is 550 g/mol. The van der Waals surface area contributed by atoms with Crippen molar-refractivity contribution in [2.75, 3.05) is 37.7 Å². The maximum Gasteiger partial charge on any atom is 0.247 e. The van der Waals surface area contributed by atoms with Gasteiger partial charge < -0.3 is 24.5 Å². The van der Waals surface area contributed by atoms with Crippen LogP contribution >= 0.6 is 11.8 Å². The fraction of sp³-hybridized carbons (Fsp3) is 0.606. The molecule has 0 radical (unpaired) electrons. The van der Waals surface area contributed by atoms with Gasteiger partial charge in [-0.25, -0.2) is 0 Å². The molecule has 42 heavy (non-hydrogen) atoms. The number of aliphatic hydroxyl groups excluding tert-OH is 1. The van der Waals surface area contributed by atoms with Crippen molar-refractivity contribution in [1.82, 2.24) is 9.80 Å². The number of thioether (sulfide) groups is 1. The SMILES string of the molecule is C=CCN(CCCC)C(=O)C1N([C@@H](CO)C(C)C)C(=O)[C@@H]2[C@@H](C(=O)N(CC=C)c3ccc(OCC)cc3)[C@H]3CCC12S3. The number of hydrogen-bond donors (Lipinski definition) is 1. The number of ether oxygens (including phenoxy) is 1. The predicted molar refractivity (Wildman–Crippen MR) is 169 cm³/mol. The standard InChI is InChI=1S/C33H47N3O5S/c1-7-11-20-34(18-8-2)32(40)29-33-17-16-26(42-33)27(28(33)31(39)36(29)25(21-37)22(5)6)30(38)35(19-9-3)23-12-14-24(15-13-23)41-10-4/h8-9,12-15,22,25-29,37H,2-3,7,10-11,16-21H2,1,4-6H3/t25-,26+,27-,28-,29?,33?/m0/s1. The molecule has 3 aliphatic heterocycles. The second-order valence-corrected chi connectivity index (χ2v) is 13.5. The van der Waals surface area contributed by atoms with Crippen LogP contribution in [-0.2, 0) is 14.4 Å². The largest absolute Gasteiger partial charge is 0.494 e. The minimum Gasteiger partial charge on any atom is -0.494 e. The van der Waals surface area contributed by atoms with Crippen LogP contribution in [0.15, 0.2) is 49.6 Å². The molecule has 3 fully saturated rings. The number of unbranched alkanes of at least 4 members (excludes halogenated alkanes) is 1. The number of amides is 3. The fourth-order valence-corrected chi connectivity index (χ4v) is 9.31. The molecule has 3 aliphatic rings. The number of fused-ring (bicyclic) bond motifs is 1. The summed E-state index contributed by atoms with van der Waals surface area (Å²) in [6.45, 7) is 17.3. The van der Waals surface area contributed by atoms with E-state index in [0.29, 0.717) is 38.3 Å². The third-order valence-corrected chi connectivity index (χ3v) is 11.0. The number of likely N-dealkylation sites (tertiary alicyclic amines) is 1. The Morgan fingerprint density at radius 3 is 2.43 bits per heavy atom. The summed E-state index contributed by atoms with van der Waals surface area (Å²) in [6.07, 6.45) is 6.65. The van der Waals surface area contributed by atoms with Gasteiger partial charge in [0, 0.05) is 30.6 Å². The summed E-state index contributed by atoms with van der Waals surface area (Å²) in [5.41, 5.74) is 0.715. The Balaban J connectivity index is 1.76. The van der Waals surface area contributed by atoms with Crippen molar-refractivity contribution in [1.29, 1.82) is 0 Å². The van der Waals surface area contributed by atoms with E-state index in [1.165, 1.54) is 0 Å². The molecule has 2 bridgehead atoms. The number of aliphatic hydroxyl groups is 1. The third-order valence-electron chi connectivity index (χ3n) is 9.05. The van der Waals surface area contributed by atoms with Crippen molar-refractivity contribution >= 4 is 35.2 Å². The molecule has 0 aromatic heterocycles. The molecule has 0 aliphatic carbocycles. The van der Waals surface area contributed by atoms with Crippen molar-refractivity contribution in [3.63, 3.8) is 0 Å². The molecule has 1 aromatic carbocycles. The summed E-state index contributed by atoms with van der Waals surface area (Å²) in [4.78, 5) is 48.6. The van der Waals surface area contributed by atoms with E-state index in [2.05, 4.69) is 20.1 Å². The molecule has 3 amide bonds. The van der Waals surface area contributed by atoms with E-state index < -0.39 is 28.7 Å². The second kappa shape index (κ2) is 13.7. The molecular formula is C33H47N3O5S. The monoisotopic (exact) mass is 597 g/mol. The van der Waals surface area contributed by atoms with Gasteiger partial charge in [0.2, 0.25) is 17.7 Å². The van der Waals surface area contributed by atoms with Gasteiger partial charge in [-0.2, -0.15) is 0 Å². The first-order valence-electron chi connectivity index (χ1n) is 15.4. The number of nitrogens with zero attached hydrogens (tertiary/aromatic N) is 3. The van der Waals surface area contributed by atoms with Gasteiger partial charge in [-0.15, -0.1) is 24.9 Å². The number of carbonyl (C=O) groups excluding carboxylic acids is 3. The average molecular weight is 598 g/mol. The van der Waals surface area contributed by atoms with Gasteiger partial charge in [0.15, 0.2) is 0 Å². The van der Waals surface area contributed by atoms with E-state index in [4.69, 9.17) is 4.74 Å². The molecule has 6 atom stereocenters. The van der Waals surface area contributed by atoms with Crippen LogP contribution in [0.5, 0.6) is 5.75 Å². The summed E-state index contributed by atoms with van der Waals surface area (Å²) >= 11 is 1.66. The maximum atomic E-state index is 14.5. The Bertz CT molecular complexity index is 1160. The predicted octanol–water partition coefficient (Wildman–Crippen LogP) is 4.53. The number of carbonyl (C=O) groups is 3. The molecule has 3 heterocycles. The van der Waals surface area contributed by atoms with Crippen molar-refractivity contribution in [2.24, 2.45) is 17.8 Å². The zero-order valence-corrected chi connectivity index (χ0v) is 26.4. The average Bonchev–Trinajstić information content (AvgIpc) is 3.62. The first kappa shape index (κ1) is 32.1. The van der Waals surface area contributed by atoms with E-state index in [0.717, 1.165) is 25.0 Å². The second-order valence-electron chi connectivity index (χ2n) is 11.9. The first-order chi connectivity index (χ1) is 20.2. The topological polar surface area (TPSA) is 90.4 Å². The van der Waals surface area contributed by atoms with Crippen LogP contribution in [0.4, 0.5) is 5.69 Å². The van der Waals surface area contributed by atoms with E-state index in [1.54, 1.807) is 38.6 Å². The highest BCUT2D eigenvalue weighted by atomic mass is 32.2. The van der Waals surface area contributed by atoms with Gasteiger partial charge in [-0.3, -0.25) is 14.4 Å². The third kappa shape index (κ3) is 5.62. The van der Waals surface area contributed by atoms with Gasteiger partial charge in [-0.05, 0) is 56.4 Å². The van der Waals surface area contributed by atoms with Crippen LogP contribution in [0.2, 0.25) is 0 Å². The molecule has 1 N–H and O–H groups in total. The first-order valence-corrected chi connectivity index (χ1v) is 16.2.